The van der Waals surface area contributed by atoms with Gasteiger partial charge >= 0.3 is 6.18 Å². The molecule has 0 aliphatic carbocycles. The van der Waals surface area contributed by atoms with Gasteiger partial charge in [0.25, 0.3) is 5.91 Å². The van der Waals surface area contributed by atoms with Crippen LogP contribution in [-0.4, -0.2) is 41.2 Å². The standard InChI is InChI=1S/C24H22BrF3N2O5S2/c25-13-12-17-6-8-18(9-7-17)23(31)29-14-15-30-37(34,35)22-16-20(10-11-21(22)24(26,27)28)36(32,33)19-4-2-1-3-5-19/h1-11,16,30H,12-15H2,(H,29,31). The fourth-order valence-corrected chi connectivity index (χ4v) is 6.46. The van der Waals surface area contributed by atoms with Crippen LogP contribution in [0.1, 0.15) is 21.5 Å². The monoisotopic (exact) mass is 618 g/mol. The summed E-state index contributed by atoms with van der Waals surface area (Å²) in [6.45, 7) is -0.646. The van der Waals surface area contributed by atoms with E-state index in [1.165, 1.54) is 24.3 Å². The lowest BCUT2D eigenvalue weighted by molar-refractivity contribution is -0.139. The number of rotatable bonds is 10. The van der Waals surface area contributed by atoms with E-state index >= 15 is 0 Å². The maximum absolute atomic E-state index is 13.6. The molecule has 3 rings (SSSR count). The Hall–Kier alpha value is -2.74. The first kappa shape index (κ1) is 28.8. The molecule has 0 saturated carbocycles. The van der Waals surface area contributed by atoms with Crippen LogP contribution in [-0.2, 0) is 32.5 Å². The van der Waals surface area contributed by atoms with Crippen LogP contribution >= 0.6 is 15.9 Å². The number of halogens is 4. The van der Waals surface area contributed by atoms with Crippen molar-refractivity contribution in [1.29, 1.82) is 0 Å². The molecular formula is C24H22BrF3N2O5S2. The number of carbonyl (C=O) groups excluding carboxylic acids is 1. The van der Waals surface area contributed by atoms with Gasteiger partial charge in [-0.1, -0.05) is 46.3 Å². The minimum Gasteiger partial charge on any atom is -0.351 e. The van der Waals surface area contributed by atoms with Crippen molar-refractivity contribution in [3.05, 3.63) is 89.5 Å². The number of hydrogen-bond acceptors (Lipinski definition) is 5. The third-order valence-corrected chi connectivity index (χ3v) is 8.88. The van der Waals surface area contributed by atoms with E-state index in [0.717, 1.165) is 17.3 Å². The molecule has 37 heavy (non-hydrogen) atoms. The summed E-state index contributed by atoms with van der Waals surface area (Å²) < 4.78 is 94.1. The van der Waals surface area contributed by atoms with E-state index in [2.05, 4.69) is 21.2 Å². The molecule has 0 spiro atoms. The molecule has 0 heterocycles. The first-order chi connectivity index (χ1) is 17.4. The van der Waals surface area contributed by atoms with Crippen LogP contribution in [0.15, 0.2) is 87.5 Å². The Kier molecular flexibility index (Phi) is 9.16. The Morgan fingerprint density at radius 2 is 1.49 bits per heavy atom. The molecule has 0 aromatic heterocycles. The van der Waals surface area contributed by atoms with Gasteiger partial charge in [-0.25, -0.2) is 21.6 Å². The molecule has 3 aromatic carbocycles. The van der Waals surface area contributed by atoms with Crippen LogP contribution in [0.2, 0.25) is 0 Å². The molecule has 3 aromatic rings. The summed E-state index contributed by atoms with van der Waals surface area (Å²) in [6, 6.07) is 15.3. The highest BCUT2D eigenvalue weighted by Gasteiger charge is 2.38. The van der Waals surface area contributed by atoms with Crippen molar-refractivity contribution in [1.82, 2.24) is 10.0 Å². The molecule has 7 nitrogen and oxygen atoms in total. The van der Waals surface area contributed by atoms with Gasteiger partial charge in [0.15, 0.2) is 0 Å². The predicted molar refractivity (Wildman–Crippen MR) is 135 cm³/mol. The van der Waals surface area contributed by atoms with Crippen molar-refractivity contribution < 1.29 is 34.8 Å². The molecule has 2 N–H and O–H groups in total. The van der Waals surface area contributed by atoms with E-state index in [9.17, 15) is 34.8 Å². The third kappa shape index (κ3) is 7.18. The molecule has 0 unspecified atom stereocenters. The van der Waals surface area contributed by atoms with Crippen molar-refractivity contribution in [2.75, 3.05) is 18.4 Å². The van der Waals surface area contributed by atoms with Crippen molar-refractivity contribution in [2.45, 2.75) is 27.3 Å². The zero-order valence-electron chi connectivity index (χ0n) is 19.1. The highest BCUT2D eigenvalue weighted by atomic mass is 79.9. The minimum atomic E-state index is -5.06. The van der Waals surface area contributed by atoms with Gasteiger partial charge < -0.3 is 5.32 Å². The molecule has 0 aliphatic heterocycles. The SMILES string of the molecule is O=C(NCCNS(=O)(=O)c1cc(S(=O)(=O)c2ccccc2)ccc1C(F)(F)F)c1ccc(CCBr)cc1. The van der Waals surface area contributed by atoms with E-state index in [-0.39, 0.29) is 11.4 Å². The molecule has 0 atom stereocenters. The molecule has 0 radical (unpaired) electrons. The second-order valence-electron chi connectivity index (χ2n) is 7.76. The van der Waals surface area contributed by atoms with Gasteiger partial charge in [0.05, 0.1) is 20.2 Å². The van der Waals surface area contributed by atoms with Crippen LogP contribution in [0.3, 0.4) is 0 Å². The number of hydrogen-bond donors (Lipinski definition) is 2. The van der Waals surface area contributed by atoms with Crippen molar-refractivity contribution >= 4 is 41.7 Å². The van der Waals surface area contributed by atoms with Crippen molar-refractivity contribution in [2.24, 2.45) is 0 Å². The second-order valence-corrected chi connectivity index (χ2v) is 12.2. The Labute approximate surface area is 221 Å². The average molecular weight is 619 g/mol. The third-order valence-electron chi connectivity index (χ3n) is 5.21. The minimum absolute atomic E-state index is 0.200. The van der Waals surface area contributed by atoms with E-state index in [4.69, 9.17) is 0 Å². The first-order valence-corrected chi connectivity index (χ1v) is 14.9. The summed E-state index contributed by atoms with van der Waals surface area (Å²) in [5.41, 5.74) is -0.169. The molecule has 0 fully saturated rings. The Morgan fingerprint density at radius 1 is 0.838 bits per heavy atom. The number of nitrogens with one attached hydrogen (secondary N) is 2. The van der Waals surface area contributed by atoms with Crippen molar-refractivity contribution in [3.8, 4) is 0 Å². The van der Waals surface area contributed by atoms with Crippen molar-refractivity contribution in [3.63, 3.8) is 0 Å². The number of carbonyl (C=O) groups is 1. The molecule has 198 valence electrons. The highest BCUT2D eigenvalue weighted by molar-refractivity contribution is 9.09. The topological polar surface area (TPSA) is 109 Å². The average Bonchev–Trinajstić information content (AvgIpc) is 2.87. The Morgan fingerprint density at radius 3 is 2.08 bits per heavy atom. The normalized spacial score (nSPS) is 12.3. The lowest BCUT2D eigenvalue weighted by Gasteiger charge is -2.16. The summed E-state index contributed by atoms with van der Waals surface area (Å²) in [5.74, 6) is -0.489. The summed E-state index contributed by atoms with van der Waals surface area (Å²) in [4.78, 5) is 10.2. The first-order valence-electron chi connectivity index (χ1n) is 10.8. The molecule has 13 heteroatoms. The quantitative estimate of drug-likeness (QED) is 0.262. The number of sulfonamides is 1. The lowest BCUT2D eigenvalue weighted by atomic mass is 10.1. The number of sulfone groups is 1. The molecule has 0 bridgehead atoms. The predicted octanol–water partition coefficient (Wildman–Crippen LogP) is 4.18. The Bertz CT molecular complexity index is 1460. The number of alkyl halides is 4. The van der Waals surface area contributed by atoms with E-state index in [1.54, 1.807) is 30.3 Å². The van der Waals surface area contributed by atoms with Gasteiger partial charge in [-0.2, -0.15) is 13.2 Å². The van der Waals surface area contributed by atoms with Gasteiger partial charge in [-0.15, -0.1) is 0 Å². The molecular weight excluding hydrogens is 597 g/mol. The molecule has 1 amide bonds. The maximum atomic E-state index is 13.6. The molecule has 0 saturated heterocycles. The van der Waals surface area contributed by atoms with E-state index < -0.39 is 53.8 Å². The van der Waals surface area contributed by atoms with E-state index in [0.29, 0.717) is 23.8 Å². The van der Waals surface area contributed by atoms with Crippen LogP contribution in [0.25, 0.3) is 0 Å². The summed E-state index contributed by atoms with van der Waals surface area (Å²) in [5, 5.41) is 3.24. The smallest absolute Gasteiger partial charge is 0.351 e. The van der Waals surface area contributed by atoms with Gasteiger partial charge in [-0.05, 0) is 54.4 Å². The van der Waals surface area contributed by atoms with Crippen LogP contribution in [0.4, 0.5) is 13.2 Å². The zero-order valence-corrected chi connectivity index (χ0v) is 22.3. The van der Waals surface area contributed by atoms with Gasteiger partial charge in [-0.3, -0.25) is 4.79 Å². The van der Waals surface area contributed by atoms with Crippen LogP contribution in [0.5, 0.6) is 0 Å². The fourth-order valence-electron chi connectivity index (χ4n) is 3.34. The maximum Gasteiger partial charge on any atom is 0.417 e. The summed E-state index contributed by atoms with van der Waals surface area (Å²) in [7, 11) is -9.08. The van der Waals surface area contributed by atoms with Crippen LogP contribution in [0, 0.1) is 0 Å². The van der Waals surface area contributed by atoms with E-state index in [1.807, 2.05) is 4.72 Å². The van der Waals surface area contributed by atoms with Gasteiger partial charge in [0.1, 0.15) is 0 Å². The second kappa shape index (κ2) is 11.8. The number of benzene rings is 3. The highest BCUT2D eigenvalue weighted by Crippen LogP contribution is 2.36. The largest absolute Gasteiger partial charge is 0.417 e. The Balaban J connectivity index is 1.78. The van der Waals surface area contributed by atoms with Gasteiger partial charge in [0, 0.05) is 24.0 Å². The number of aryl methyl sites for hydroxylation is 1. The van der Waals surface area contributed by atoms with Gasteiger partial charge in [0.2, 0.25) is 19.9 Å². The fraction of sp³-hybridized carbons (Fsp3) is 0.208. The lowest BCUT2D eigenvalue weighted by Crippen LogP contribution is -2.35. The van der Waals surface area contributed by atoms with Crippen LogP contribution < -0.4 is 10.0 Å². The number of amides is 1. The molecule has 0 aliphatic rings. The summed E-state index contributed by atoms with van der Waals surface area (Å²) >= 11 is 3.32. The summed E-state index contributed by atoms with van der Waals surface area (Å²) in [6.07, 6.45) is -4.29. The zero-order chi connectivity index (χ0) is 27.3.